The molecule has 1 unspecified atom stereocenters. The summed E-state index contributed by atoms with van der Waals surface area (Å²) in [6.45, 7) is 15.3. The zero-order chi connectivity index (χ0) is 38.4. The van der Waals surface area contributed by atoms with Crippen LogP contribution in [-0.4, -0.2) is 73.1 Å². The minimum atomic E-state index is -4.39. The molecule has 2 heterocycles. The molecule has 12 nitrogen and oxygen atoms in total. The van der Waals surface area contributed by atoms with E-state index in [4.69, 9.17) is 13.7 Å². The van der Waals surface area contributed by atoms with E-state index in [0.717, 1.165) is 10.8 Å². The number of pyridine rings is 1. The molecule has 1 aromatic heterocycles. The molecule has 52 heavy (non-hydrogen) atoms. The molecular weight excluding hydrogens is 687 g/mol. The number of carbonyl (C=O) groups excluding carboxylic acids is 4. The molecule has 13 heteroatoms. The summed E-state index contributed by atoms with van der Waals surface area (Å²) in [5, 5.41) is 1.58. The van der Waals surface area contributed by atoms with E-state index in [1.54, 1.807) is 26.3 Å². The number of nitrogens with zero attached hydrogens (tertiary/aromatic N) is 2. The Balaban J connectivity index is 1.43. The fourth-order valence-electron chi connectivity index (χ4n) is 7.47. The van der Waals surface area contributed by atoms with Crippen molar-refractivity contribution in [2.75, 3.05) is 13.7 Å². The topological polar surface area (TPSA) is 158 Å². The number of rotatable bonds is 15. The van der Waals surface area contributed by atoms with Crippen LogP contribution in [0.1, 0.15) is 107 Å². The second-order valence-electron chi connectivity index (χ2n) is 17.6. The third-order valence-corrected chi connectivity index (χ3v) is 11.8. The van der Waals surface area contributed by atoms with Crippen LogP contribution in [0.25, 0.3) is 10.8 Å². The lowest BCUT2D eigenvalue weighted by atomic mass is 9.75. The third-order valence-electron chi connectivity index (χ3n) is 10.8. The number of hydrogen-bond donors (Lipinski definition) is 1. The van der Waals surface area contributed by atoms with Crippen molar-refractivity contribution in [2.24, 2.45) is 28.1 Å². The van der Waals surface area contributed by atoms with Crippen molar-refractivity contribution in [1.29, 1.82) is 0 Å². The molecule has 0 spiro atoms. The van der Waals surface area contributed by atoms with Crippen LogP contribution in [0.4, 0.5) is 0 Å². The van der Waals surface area contributed by atoms with Crippen LogP contribution in [-0.2, 0) is 33.7 Å². The Morgan fingerprint density at radius 1 is 1.08 bits per heavy atom. The number of fused-ring (bicyclic) bond motifs is 1. The lowest BCUT2D eigenvalue weighted by molar-refractivity contribution is -0.146. The number of aromatic nitrogens is 1. The Morgan fingerprint density at radius 3 is 2.35 bits per heavy atom. The quantitative estimate of drug-likeness (QED) is 0.231. The molecule has 5 rings (SSSR count). The van der Waals surface area contributed by atoms with Gasteiger partial charge in [0.2, 0.25) is 17.7 Å². The average molecular weight is 742 g/mol. The molecule has 3 aliphatic rings. The maximum absolute atomic E-state index is 14.6. The Kier molecular flexibility index (Phi) is 10.9. The van der Waals surface area contributed by atoms with E-state index in [1.165, 1.54) is 4.90 Å². The lowest BCUT2D eigenvalue weighted by Crippen LogP contribution is -2.48. The Labute approximate surface area is 308 Å². The van der Waals surface area contributed by atoms with Gasteiger partial charge in [-0.25, -0.2) is 13.9 Å². The summed E-state index contributed by atoms with van der Waals surface area (Å²) in [6.07, 6.45) is 3.26. The minimum absolute atomic E-state index is 0.0241. The van der Waals surface area contributed by atoms with Crippen molar-refractivity contribution in [1.82, 2.24) is 14.6 Å². The molecular formula is C39H55N3O9S. The predicted molar refractivity (Wildman–Crippen MR) is 196 cm³/mol. The SMILES string of the molecule is CC[C@@H]1C[C@]1(CC(=O)[C@@H]1CC(Oc2nccc3cc(OC)ccc23)CN1C(=O)[C@@H](CC(=O)CC(C)(C)C)C(C)(C)C)C(=O)NS(=O)(=O)OC1(C)CC1. The summed E-state index contributed by atoms with van der Waals surface area (Å²) in [5.41, 5.74) is -2.94. The first-order valence-electron chi connectivity index (χ1n) is 18.3. The van der Waals surface area contributed by atoms with Gasteiger partial charge in [-0.1, -0.05) is 54.9 Å². The van der Waals surface area contributed by atoms with Crippen molar-refractivity contribution >= 4 is 44.5 Å². The second kappa shape index (κ2) is 14.3. The molecule has 5 atom stereocenters. The second-order valence-corrected chi connectivity index (χ2v) is 18.9. The van der Waals surface area contributed by atoms with Crippen molar-refractivity contribution in [3.8, 4) is 11.6 Å². The molecule has 2 saturated carbocycles. The van der Waals surface area contributed by atoms with Crippen molar-refractivity contribution < 1.29 is 41.3 Å². The number of methoxy groups -OCH3 is 1. The monoisotopic (exact) mass is 741 g/mol. The molecule has 1 aliphatic heterocycles. The van der Waals surface area contributed by atoms with E-state index >= 15 is 0 Å². The Morgan fingerprint density at radius 2 is 1.77 bits per heavy atom. The predicted octanol–water partition coefficient (Wildman–Crippen LogP) is 5.96. The zero-order valence-electron chi connectivity index (χ0n) is 32.0. The Hall–Kier alpha value is -3.58. The molecule has 0 radical (unpaired) electrons. The van der Waals surface area contributed by atoms with Crippen LogP contribution < -0.4 is 14.2 Å². The van der Waals surface area contributed by atoms with Crippen LogP contribution in [0.5, 0.6) is 11.6 Å². The first kappa shape index (κ1) is 39.6. The number of likely N-dealkylation sites (tertiary alicyclic amines) is 1. The summed E-state index contributed by atoms with van der Waals surface area (Å²) in [6, 6.07) is 6.39. The highest BCUT2D eigenvalue weighted by Crippen LogP contribution is 2.58. The highest BCUT2D eigenvalue weighted by molar-refractivity contribution is 7.85. The molecule has 2 aliphatic carbocycles. The van der Waals surface area contributed by atoms with Gasteiger partial charge in [0, 0.05) is 43.2 Å². The molecule has 3 fully saturated rings. The van der Waals surface area contributed by atoms with Gasteiger partial charge in [0.25, 0.3) is 0 Å². The summed E-state index contributed by atoms with van der Waals surface area (Å²) >= 11 is 0. The highest BCUT2D eigenvalue weighted by Gasteiger charge is 2.62. The fourth-order valence-corrected chi connectivity index (χ4v) is 8.64. The van der Waals surface area contributed by atoms with E-state index in [0.29, 0.717) is 43.7 Å². The number of Topliss-reactive ketones (excluding diaryl/α,β-unsaturated/α-hetero) is 2. The molecule has 0 bridgehead atoms. The first-order chi connectivity index (χ1) is 24.1. The van der Waals surface area contributed by atoms with Gasteiger partial charge in [-0.3, -0.25) is 19.2 Å². The van der Waals surface area contributed by atoms with Crippen LogP contribution in [0.3, 0.4) is 0 Å². The number of amides is 2. The van der Waals surface area contributed by atoms with Gasteiger partial charge < -0.3 is 14.4 Å². The maximum atomic E-state index is 14.6. The number of hydrogen-bond acceptors (Lipinski definition) is 10. The molecule has 1 saturated heterocycles. The molecule has 286 valence electrons. The van der Waals surface area contributed by atoms with Crippen molar-refractivity contribution in [3.63, 3.8) is 0 Å². The van der Waals surface area contributed by atoms with E-state index < -0.39 is 50.7 Å². The molecule has 2 amide bonds. The summed E-state index contributed by atoms with van der Waals surface area (Å²) in [4.78, 5) is 62.0. The van der Waals surface area contributed by atoms with E-state index in [2.05, 4.69) is 9.71 Å². The van der Waals surface area contributed by atoms with Gasteiger partial charge in [-0.2, -0.15) is 8.42 Å². The van der Waals surface area contributed by atoms with Crippen molar-refractivity contribution in [3.05, 3.63) is 30.5 Å². The average Bonchev–Trinajstić information content (AvgIpc) is 3.90. The van der Waals surface area contributed by atoms with E-state index in [-0.39, 0.29) is 54.6 Å². The van der Waals surface area contributed by atoms with E-state index in [9.17, 15) is 27.6 Å². The molecule has 1 N–H and O–H groups in total. The number of nitrogens with one attached hydrogen (secondary N) is 1. The summed E-state index contributed by atoms with van der Waals surface area (Å²) in [7, 11) is -2.81. The van der Waals surface area contributed by atoms with E-state index in [1.807, 2.05) is 66.7 Å². The lowest BCUT2D eigenvalue weighted by Gasteiger charge is -2.35. The van der Waals surface area contributed by atoms with Gasteiger partial charge in [-0.05, 0) is 72.6 Å². The van der Waals surface area contributed by atoms with Gasteiger partial charge in [0.1, 0.15) is 17.6 Å². The third kappa shape index (κ3) is 9.13. The van der Waals surface area contributed by atoms with Crippen LogP contribution in [0, 0.1) is 28.1 Å². The van der Waals surface area contributed by atoms with Crippen LogP contribution >= 0.6 is 0 Å². The number of ether oxygens (including phenoxy) is 2. The van der Waals surface area contributed by atoms with Gasteiger partial charge >= 0.3 is 10.3 Å². The number of benzene rings is 1. The minimum Gasteiger partial charge on any atom is -0.497 e. The summed E-state index contributed by atoms with van der Waals surface area (Å²) in [5.74, 6) is -1.40. The molecule has 1 aromatic carbocycles. The fraction of sp³-hybridized carbons (Fsp3) is 0.667. The zero-order valence-corrected chi connectivity index (χ0v) is 32.9. The van der Waals surface area contributed by atoms with Crippen LogP contribution in [0.15, 0.2) is 30.5 Å². The highest BCUT2D eigenvalue weighted by atomic mass is 32.2. The van der Waals surface area contributed by atoms with Gasteiger partial charge in [-0.15, -0.1) is 0 Å². The standard InChI is InChI=1S/C39H55N3O9S/c1-10-25-20-39(25,35(46)41-52(47,48)51-38(8)14-15-38)22-32(44)31-19-28(50-33-29-12-11-27(49-9)17-24(29)13-16-40-33)23-42(31)34(45)30(37(5,6)7)18-26(43)21-36(2,3)4/h11-13,16-17,25,28,30-31H,10,14-15,18-23H2,1-9H3,(H,41,46)/t25-,28?,30-,31+,39-/m1/s1. The summed E-state index contributed by atoms with van der Waals surface area (Å²) < 4.78 is 44.7. The van der Waals surface area contributed by atoms with Gasteiger partial charge in [0.15, 0.2) is 5.78 Å². The number of carbonyl (C=O) groups is 4. The normalized spacial score (nSPS) is 24.6. The number of ketones is 2. The Bertz CT molecular complexity index is 1830. The van der Waals surface area contributed by atoms with Crippen molar-refractivity contribution in [2.45, 2.75) is 125 Å². The maximum Gasteiger partial charge on any atom is 0.362 e. The van der Waals surface area contributed by atoms with Gasteiger partial charge in [0.05, 0.1) is 30.7 Å². The largest absolute Gasteiger partial charge is 0.497 e. The smallest absolute Gasteiger partial charge is 0.362 e. The van der Waals surface area contributed by atoms with Crippen LogP contribution in [0.2, 0.25) is 0 Å². The first-order valence-corrected chi connectivity index (χ1v) is 19.7. The molecule has 2 aromatic rings.